The van der Waals surface area contributed by atoms with Gasteiger partial charge in [0.1, 0.15) is 6.07 Å². The second kappa shape index (κ2) is 9.32. The molecule has 2 amide bonds. The number of hydrogen-bond donors (Lipinski definition) is 2. The van der Waals surface area contributed by atoms with Gasteiger partial charge >= 0.3 is 6.03 Å². The zero-order chi connectivity index (χ0) is 22.4. The van der Waals surface area contributed by atoms with Gasteiger partial charge in [0.25, 0.3) is 0 Å². The van der Waals surface area contributed by atoms with E-state index in [1.54, 1.807) is 12.3 Å². The van der Waals surface area contributed by atoms with Gasteiger partial charge < -0.3 is 10.6 Å². The normalized spacial score (nSPS) is 14.6. The molecule has 1 aliphatic rings. The predicted octanol–water partition coefficient (Wildman–Crippen LogP) is 4.98. The van der Waals surface area contributed by atoms with E-state index in [0.717, 1.165) is 48.8 Å². The fraction of sp³-hybridized carbons (Fsp3) is 0.231. The van der Waals surface area contributed by atoms with Crippen LogP contribution in [-0.2, 0) is 5.54 Å². The lowest BCUT2D eigenvalue weighted by molar-refractivity contribution is 0.209. The van der Waals surface area contributed by atoms with E-state index in [0.29, 0.717) is 11.4 Å². The fourth-order valence-electron chi connectivity index (χ4n) is 4.16. The molecule has 0 unspecified atom stereocenters. The average molecular weight is 422 g/mol. The smallest absolute Gasteiger partial charge is 0.319 e. The number of urea groups is 1. The van der Waals surface area contributed by atoms with Gasteiger partial charge in [0, 0.05) is 17.4 Å². The molecule has 158 valence electrons. The Morgan fingerprint density at radius 2 is 1.62 bits per heavy atom. The zero-order valence-electron chi connectivity index (χ0n) is 17.6. The van der Waals surface area contributed by atoms with Crippen molar-refractivity contribution < 1.29 is 4.79 Å². The van der Waals surface area contributed by atoms with E-state index < -0.39 is 5.54 Å². The van der Waals surface area contributed by atoms with Crippen LogP contribution in [0.5, 0.6) is 0 Å². The molecular weight excluding hydrogens is 398 g/mol. The van der Waals surface area contributed by atoms with Gasteiger partial charge in [0.2, 0.25) is 5.82 Å². The van der Waals surface area contributed by atoms with E-state index in [9.17, 15) is 4.79 Å². The highest BCUT2D eigenvalue weighted by Crippen LogP contribution is 2.36. The number of nitrogens with zero attached hydrogens (tertiary/aromatic N) is 3. The van der Waals surface area contributed by atoms with Gasteiger partial charge in [-0.1, -0.05) is 49.4 Å². The highest BCUT2D eigenvalue weighted by Gasteiger charge is 2.37. The van der Waals surface area contributed by atoms with Crippen molar-refractivity contribution in [1.82, 2.24) is 15.3 Å². The highest BCUT2D eigenvalue weighted by molar-refractivity contribution is 5.90. The van der Waals surface area contributed by atoms with Gasteiger partial charge in [-0.05, 0) is 54.3 Å². The molecule has 2 N–H and O–H groups in total. The molecule has 1 aliphatic carbocycles. The summed E-state index contributed by atoms with van der Waals surface area (Å²) < 4.78 is 0. The number of nitrogens with one attached hydrogen (secondary N) is 2. The number of nitriles is 1. The Bertz CT molecular complexity index is 1180. The zero-order valence-corrected chi connectivity index (χ0v) is 17.6. The summed E-state index contributed by atoms with van der Waals surface area (Å²) in [5, 5.41) is 15.2. The molecule has 1 saturated carbocycles. The summed E-state index contributed by atoms with van der Waals surface area (Å²) in [4.78, 5) is 21.2. The second-order valence-corrected chi connectivity index (χ2v) is 7.90. The van der Waals surface area contributed by atoms with Crippen LogP contribution in [0.3, 0.4) is 0 Å². The number of hydrogen-bond acceptors (Lipinski definition) is 4. The number of aromatic nitrogens is 2. The molecule has 0 bridgehead atoms. The predicted molar refractivity (Wildman–Crippen MR) is 123 cm³/mol. The third-order valence-electron chi connectivity index (χ3n) is 5.83. The van der Waals surface area contributed by atoms with E-state index in [1.807, 2.05) is 54.6 Å². The minimum Gasteiger partial charge on any atom is -0.327 e. The molecule has 1 heterocycles. The van der Waals surface area contributed by atoms with Gasteiger partial charge in [-0.3, -0.25) is 0 Å². The molecule has 0 atom stereocenters. The Hall–Kier alpha value is -4.16. The quantitative estimate of drug-likeness (QED) is 0.582. The monoisotopic (exact) mass is 421 g/mol. The van der Waals surface area contributed by atoms with Gasteiger partial charge in [-0.2, -0.15) is 5.26 Å². The van der Waals surface area contributed by atoms with Crippen molar-refractivity contribution >= 4 is 11.7 Å². The molecule has 3 aromatic rings. The summed E-state index contributed by atoms with van der Waals surface area (Å²) in [6, 6.07) is 18.9. The van der Waals surface area contributed by atoms with Crippen molar-refractivity contribution in [3.8, 4) is 29.5 Å². The standard InChI is InChI=1S/C26H23N5O/c1-2-19-6-8-20(9-7-19)21-10-12-22(13-11-21)29-25(32)31-26(15-4-3-5-16-26)23-14-17-28-24(18-27)30-23/h1,6-14,17H,3-5,15-16H2,(H2,29,31,32). The molecule has 4 rings (SSSR count). The maximum Gasteiger partial charge on any atom is 0.319 e. The minimum atomic E-state index is -0.602. The Kier molecular flexibility index (Phi) is 6.14. The fourth-order valence-corrected chi connectivity index (χ4v) is 4.16. The highest BCUT2D eigenvalue weighted by atomic mass is 16.2. The Morgan fingerprint density at radius 1 is 0.969 bits per heavy atom. The molecule has 0 saturated heterocycles. The summed E-state index contributed by atoms with van der Waals surface area (Å²) in [7, 11) is 0. The first kappa shape index (κ1) is 21.1. The second-order valence-electron chi connectivity index (χ2n) is 7.90. The summed E-state index contributed by atoms with van der Waals surface area (Å²) in [5.74, 6) is 2.72. The average Bonchev–Trinajstić information content (AvgIpc) is 2.85. The number of amides is 2. The first-order valence-electron chi connectivity index (χ1n) is 10.6. The SMILES string of the molecule is C#Cc1ccc(-c2ccc(NC(=O)NC3(c4ccnc(C#N)n4)CCCCC3)cc2)cc1. The van der Waals surface area contributed by atoms with E-state index in [2.05, 4.69) is 26.5 Å². The Balaban J connectivity index is 1.48. The first-order valence-corrected chi connectivity index (χ1v) is 10.6. The molecular formula is C26H23N5O. The third kappa shape index (κ3) is 4.61. The lowest BCUT2D eigenvalue weighted by Gasteiger charge is -2.37. The van der Waals surface area contributed by atoms with Gasteiger partial charge in [-0.25, -0.2) is 14.8 Å². The van der Waals surface area contributed by atoms with Crippen LogP contribution < -0.4 is 10.6 Å². The summed E-state index contributed by atoms with van der Waals surface area (Å²) in [6.07, 6.45) is 11.6. The van der Waals surface area contributed by atoms with Crippen molar-refractivity contribution in [2.45, 2.75) is 37.6 Å². The lowest BCUT2D eigenvalue weighted by Crippen LogP contribution is -2.49. The van der Waals surface area contributed by atoms with Crippen molar-refractivity contribution in [3.63, 3.8) is 0 Å². The van der Waals surface area contributed by atoms with Crippen LogP contribution in [0.2, 0.25) is 0 Å². The third-order valence-corrected chi connectivity index (χ3v) is 5.83. The molecule has 0 spiro atoms. The van der Waals surface area contributed by atoms with Gasteiger partial charge in [0.05, 0.1) is 11.2 Å². The molecule has 6 nitrogen and oxygen atoms in total. The first-order chi connectivity index (χ1) is 15.6. The molecule has 0 aliphatic heterocycles. The Labute approximate surface area is 187 Å². The van der Waals surface area contributed by atoms with E-state index in [4.69, 9.17) is 11.7 Å². The van der Waals surface area contributed by atoms with Crippen LogP contribution in [0.1, 0.15) is 49.2 Å². The summed E-state index contributed by atoms with van der Waals surface area (Å²) in [5.41, 5.74) is 3.70. The number of rotatable bonds is 4. The van der Waals surface area contributed by atoms with Crippen molar-refractivity contribution in [3.05, 3.63) is 77.9 Å². The molecule has 32 heavy (non-hydrogen) atoms. The van der Waals surface area contributed by atoms with Crippen LogP contribution in [-0.4, -0.2) is 16.0 Å². The van der Waals surface area contributed by atoms with E-state index in [1.165, 1.54) is 0 Å². The largest absolute Gasteiger partial charge is 0.327 e. The van der Waals surface area contributed by atoms with Crippen LogP contribution in [0.4, 0.5) is 10.5 Å². The number of terminal acetylenes is 1. The Morgan fingerprint density at radius 3 is 2.25 bits per heavy atom. The lowest BCUT2D eigenvalue weighted by atomic mass is 9.79. The van der Waals surface area contributed by atoms with Crippen LogP contribution >= 0.6 is 0 Å². The number of anilines is 1. The number of benzene rings is 2. The van der Waals surface area contributed by atoms with E-state index in [-0.39, 0.29) is 11.9 Å². The molecule has 1 fully saturated rings. The van der Waals surface area contributed by atoms with Crippen molar-refractivity contribution in [1.29, 1.82) is 5.26 Å². The van der Waals surface area contributed by atoms with Crippen LogP contribution in [0, 0.1) is 23.7 Å². The van der Waals surface area contributed by atoms with E-state index >= 15 is 0 Å². The number of carbonyl (C=O) groups is 1. The van der Waals surface area contributed by atoms with Crippen molar-refractivity contribution in [2.24, 2.45) is 0 Å². The van der Waals surface area contributed by atoms with Crippen LogP contribution in [0.15, 0.2) is 60.8 Å². The molecule has 6 heteroatoms. The van der Waals surface area contributed by atoms with Crippen LogP contribution in [0.25, 0.3) is 11.1 Å². The molecule has 1 aromatic heterocycles. The van der Waals surface area contributed by atoms with Crippen molar-refractivity contribution in [2.75, 3.05) is 5.32 Å². The summed E-state index contributed by atoms with van der Waals surface area (Å²) in [6.45, 7) is 0. The minimum absolute atomic E-state index is 0.112. The maximum atomic E-state index is 12.9. The summed E-state index contributed by atoms with van der Waals surface area (Å²) >= 11 is 0. The van der Waals surface area contributed by atoms with Gasteiger partial charge in [-0.15, -0.1) is 6.42 Å². The number of carbonyl (C=O) groups excluding carboxylic acids is 1. The topological polar surface area (TPSA) is 90.7 Å². The molecule has 0 radical (unpaired) electrons. The van der Waals surface area contributed by atoms with Gasteiger partial charge in [0.15, 0.2) is 0 Å². The maximum absolute atomic E-state index is 12.9. The molecule has 2 aromatic carbocycles.